The van der Waals surface area contributed by atoms with Gasteiger partial charge in [0.05, 0.1) is 22.3 Å². The molecule has 10 heteroatoms. The van der Waals surface area contributed by atoms with E-state index in [0.29, 0.717) is 47.1 Å². The van der Waals surface area contributed by atoms with E-state index >= 15 is 0 Å². The second-order valence-electron chi connectivity index (χ2n) is 14.6. The maximum atomic E-state index is 13.5. The number of carbonyl (C=O) groups excluding carboxylic acids is 3. The molecule has 3 unspecified atom stereocenters. The molecule has 0 saturated carbocycles. The number of allylic oxidation sites excluding steroid dienone is 1. The fourth-order valence-electron chi connectivity index (χ4n) is 7.71. The summed E-state index contributed by atoms with van der Waals surface area (Å²) in [5.74, 6) is 1.43. The summed E-state index contributed by atoms with van der Waals surface area (Å²) in [6, 6.07) is 33.1. The second-order valence-corrected chi connectivity index (χ2v) is 19.0. The van der Waals surface area contributed by atoms with Gasteiger partial charge < -0.3 is 14.2 Å². The first-order chi connectivity index (χ1) is 27.9. The van der Waals surface area contributed by atoms with Gasteiger partial charge in [-0.3, -0.25) is 14.4 Å². The summed E-state index contributed by atoms with van der Waals surface area (Å²) in [4.78, 5) is 37.3. The summed E-state index contributed by atoms with van der Waals surface area (Å²) >= 11 is 13.3. The lowest BCUT2D eigenvalue weighted by Gasteiger charge is -2.24. The van der Waals surface area contributed by atoms with Gasteiger partial charge in [-0.05, 0) is 93.2 Å². The van der Waals surface area contributed by atoms with E-state index in [0.717, 1.165) is 37.6 Å². The Bertz CT molecular complexity index is 2290. The van der Waals surface area contributed by atoms with Crippen molar-refractivity contribution in [1.82, 2.24) is 0 Å². The molecule has 0 aromatic heterocycles. The third kappa shape index (κ3) is 9.03. The zero-order valence-corrected chi connectivity index (χ0v) is 38.0. The Labute approximate surface area is 364 Å². The summed E-state index contributed by atoms with van der Waals surface area (Å²) in [5.41, 5.74) is 7.64. The average molecular weight is 945 g/mol. The van der Waals surface area contributed by atoms with Crippen LogP contribution in [-0.2, 0) is 35.2 Å². The van der Waals surface area contributed by atoms with Crippen molar-refractivity contribution in [2.75, 3.05) is 21.3 Å². The molecule has 5 aromatic rings. The van der Waals surface area contributed by atoms with E-state index in [1.54, 1.807) is 27.4 Å². The predicted molar refractivity (Wildman–Crippen MR) is 243 cm³/mol. The van der Waals surface area contributed by atoms with Gasteiger partial charge >= 0.3 is 0 Å². The lowest BCUT2D eigenvalue weighted by atomic mass is 9.98. The van der Waals surface area contributed by atoms with Gasteiger partial charge in [-0.25, -0.2) is 0 Å². The van der Waals surface area contributed by atoms with Crippen LogP contribution in [0.4, 0.5) is 0 Å². The largest absolute Gasteiger partial charge is 0.496 e. The molecule has 5 aromatic carbocycles. The van der Waals surface area contributed by atoms with Crippen molar-refractivity contribution in [1.29, 1.82) is 0 Å². The van der Waals surface area contributed by atoms with Gasteiger partial charge in [0.15, 0.2) is 17.3 Å². The van der Waals surface area contributed by atoms with Crippen molar-refractivity contribution in [3.8, 4) is 5.75 Å². The van der Waals surface area contributed by atoms with Gasteiger partial charge in [0, 0.05) is 48.2 Å². The standard InChI is InChI=1S/C24H22BrOP.C13H13ClO2.C11H11BrO3/c1-16(2)17-13-18-15-22(24(26)23(18)21(25)14-17)27(19-9-5-3-6-10-19)20-11-7-4-8-12-20;1-3-4-8-5-6-9-7-10(16-2)13(15)11(9)12(8)14;1-14-7-4-3-6-5-8(15-2)11(13)9(6)10(7)12/h3-14,16,22H,15H2,1-2H3;3,5-6,10H,1,4,7H2,2H3;3-4,8H,5H2,1-2H3. The first-order valence-corrected chi connectivity index (χ1v) is 22.5. The molecule has 0 fully saturated rings. The number of methoxy groups -OCH3 is 3. The van der Waals surface area contributed by atoms with Crippen LogP contribution in [0.25, 0.3) is 0 Å². The highest BCUT2D eigenvalue weighted by Crippen LogP contribution is 2.48. The molecule has 0 N–H and O–H groups in total. The molecule has 0 heterocycles. The minimum Gasteiger partial charge on any atom is -0.496 e. The number of ether oxygens (including phenoxy) is 3. The Morgan fingerprint density at radius 1 is 0.724 bits per heavy atom. The monoisotopic (exact) mass is 942 g/mol. The topological polar surface area (TPSA) is 78.9 Å². The molecule has 0 amide bonds. The highest BCUT2D eigenvalue weighted by atomic mass is 79.9. The average Bonchev–Trinajstić information content (AvgIpc) is 3.87. The van der Waals surface area contributed by atoms with Crippen molar-refractivity contribution in [3.63, 3.8) is 0 Å². The number of hydrogen-bond donors (Lipinski definition) is 0. The SMILES string of the molecule is C=CCc1ccc2c(c1Cl)C(=O)C(OC)C2.CC(C)c1cc(Br)c2c(c1)CC(P(c1ccccc1)c1ccccc1)C2=O.COc1ccc2c(c1Br)C(=O)C(OC)C2. The lowest BCUT2D eigenvalue weighted by molar-refractivity contribution is 0.0643. The first-order valence-electron chi connectivity index (χ1n) is 19.1. The number of fused-ring (bicyclic) bond motifs is 3. The Kier molecular flexibility index (Phi) is 14.8. The number of hydrogen-bond acceptors (Lipinski definition) is 6. The molecule has 6 nitrogen and oxygen atoms in total. The Morgan fingerprint density at radius 3 is 1.81 bits per heavy atom. The van der Waals surface area contributed by atoms with Crippen LogP contribution in [0.5, 0.6) is 5.75 Å². The molecule has 3 atom stereocenters. The van der Waals surface area contributed by atoms with Crippen molar-refractivity contribution in [2.24, 2.45) is 0 Å². The smallest absolute Gasteiger partial charge is 0.193 e. The van der Waals surface area contributed by atoms with Crippen LogP contribution in [0.1, 0.15) is 78.7 Å². The highest BCUT2D eigenvalue weighted by molar-refractivity contribution is 9.11. The minimum absolute atomic E-state index is 0.00138. The number of Topliss-reactive ketones (excluding diaryl/α,β-unsaturated/α-hetero) is 3. The summed E-state index contributed by atoms with van der Waals surface area (Å²) in [6.45, 7) is 8.07. The molecule has 0 aliphatic heterocycles. The molecule has 0 bridgehead atoms. The Balaban J connectivity index is 0.000000157. The fraction of sp³-hybridized carbons (Fsp3) is 0.271. The Hall–Kier alpha value is -3.75. The molecule has 58 heavy (non-hydrogen) atoms. The third-order valence-corrected chi connectivity index (χ3v) is 15.3. The summed E-state index contributed by atoms with van der Waals surface area (Å²) in [5, 5.41) is 3.09. The molecular formula is C48H46Br2ClO6P. The van der Waals surface area contributed by atoms with Crippen LogP contribution in [0.2, 0.25) is 5.02 Å². The zero-order chi connectivity index (χ0) is 41.7. The second kappa shape index (κ2) is 19.5. The number of carbonyl (C=O) groups is 3. The van der Waals surface area contributed by atoms with Crippen LogP contribution in [0.15, 0.2) is 119 Å². The predicted octanol–water partition coefficient (Wildman–Crippen LogP) is 10.8. The first kappa shape index (κ1) is 43.8. The number of halogens is 3. The molecule has 3 aliphatic carbocycles. The van der Waals surface area contributed by atoms with Crippen LogP contribution in [0.3, 0.4) is 0 Å². The van der Waals surface area contributed by atoms with Gasteiger partial charge in [0.2, 0.25) is 0 Å². The molecule has 8 rings (SSSR count). The maximum absolute atomic E-state index is 13.5. The molecule has 0 radical (unpaired) electrons. The molecule has 0 spiro atoms. The van der Waals surface area contributed by atoms with Gasteiger partial charge in [0.1, 0.15) is 18.0 Å². The maximum Gasteiger partial charge on any atom is 0.193 e. The van der Waals surface area contributed by atoms with Gasteiger partial charge in [-0.2, -0.15) is 0 Å². The number of rotatable bonds is 9. The third-order valence-electron chi connectivity index (χ3n) is 10.7. The molecular weight excluding hydrogens is 899 g/mol. The minimum atomic E-state index is -0.745. The van der Waals surface area contributed by atoms with Gasteiger partial charge in [-0.1, -0.05) is 132 Å². The van der Waals surface area contributed by atoms with Gasteiger partial charge in [-0.15, -0.1) is 6.58 Å². The molecule has 300 valence electrons. The van der Waals surface area contributed by atoms with Crippen molar-refractivity contribution in [3.05, 3.63) is 168 Å². The van der Waals surface area contributed by atoms with Gasteiger partial charge in [0.25, 0.3) is 0 Å². The molecule has 0 saturated heterocycles. The van der Waals surface area contributed by atoms with Crippen LogP contribution in [-0.4, -0.2) is 56.5 Å². The quantitative estimate of drug-likeness (QED) is 0.108. The van der Waals surface area contributed by atoms with E-state index in [2.05, 4.69) is 113 Å². The van der Waals surface area contributed by atoms with Crippen LogP contribution >= 0.6 is 51.4 Å². The van der Waals surface area contributed by atoms with Crippen molar-refractivity contribution in [2.45, 2.75) is 63.3 Å². The zero-order valence-electron chi connectivity index (χ0n) is 33.2. The number of ketones is 3. The summed E-state index contributed by atoms with van der Waals surface area (Å²) < 4.78 is 17.1. The lowest BCUT2D eigenvalue weighted by Crippen LogP contribution is -2.26. The van der Waals surface area contributed by atoms with E-state index in [-0.39, 0.29) is 35.2 Å². The van der Waals surface area contributed by atoms with E-state index in [4.69, 9.17) is 25.8 Å². The highest BCUT2D eigenvalue weighted by Gasteiger charge is 2.39. The van der Waals surface area contributed by atoms with E-state index < -0.39 is 7.92 Å². The van der Waals surface area contributed by atoms with E-state index in [1.165, 1.54) is 21.7 Å². The number of benzene rings is 5. The van der Waals surface area contributed by atoms with Crippen molar-refractivity contribution >= 4 is 79.3 Å². The van der Waals surface area contributed by atoms with E-state index in [1.807, 2.05) is 36.4 Å². The van der Waals surface area contributed by atoms with Crippen LogP contribution < -0.4 is 15.3 Å². The van der Waals surface area contributed by atoms with Crippen LogP contribution in [0, 0.1) is 0 Å². The van der Waals surface area contributed by atoms with Crippen molar-refractivity contribution < 1.29 is 28.6 Å². The fourth-order valence-corrected chi connectivity index (χ4v) is 12.3. The normalized spacial score (nSPS) is 17.6. The Morgan fingerprint density at radius 2 is 1.28 bits per heavy atom. The summed E-state index contributed by atoms with van der Waals surface area (Å²) in [7, 11) is 3.94. The van der Waals surface area contributed by atoms with E-state index in [9.17, 15) is 14.4 Å². The molecule has 3 aliphatic rings. The summed E-state index contributed by atoms with van der Waals surface area (Å²) in [6.07, 6.45) is 3.84.